The summed E-state index contributed by atoms with van der Waals surface area (Å²) >= 11 is 0. The van der Waals surface area contributed by atoms with E-state index in [0.717, 1.165) is 29.7 Å². The highest BCUT2D eigenvalue weighted by Crippen LogP contribution is 2.32. The first-order chi connectivity index (χ1) is 14.1. The smallest absolute Gasteiger partial charge is 0.351 e. The van der Waals surface area contributed by atoms with E-state index in [4.69, 9.17) is 9.47 Å². The lowest BCUT2D eigenvalue weighted by Crippen LogP contribution is -2.44. The molecule has 0 N–H and O–H groups in total. The van der Waals surface area contributed by atoms with E-state index in [2.05, 4.69) is 42.8 Å². The van der Waals surface area contributed by atoms with Crippen molar-refractivity contribution < 1.29 is 9.47 Å². The Morgan fingerprint density at radius 2 is 2.14 bits per heavy atom. The summed E-state index contributed by atoms with van der Waals surface area (Å²) in [5.74, 6) is 8.10. The third kappa shape index (κ3) is 3.82. The molecule has 5 rings (SSSR count). The molecule has 2 aromatic rings. The van der Waals surface area contributed by atoms with Gasteiger partial charge in [-0.1, -0.05) is 31.8 Å². The van der Waals surface area contributed by atoms with Crippen LogP contribution in [-0.4, -0.2) is 28.4 Å². The molecule has 1 unspecified atom stereocenters. The lowest BCUT2D eigenvalue weighted by Gasteiger charge is -2.38. The summed E-state index contributed by atoms with van der Waals surface area (Å²) < 4.78 is 13.4. The van der Waals surface area contributed by atoms with E-state index in [-0.39, 0.29) is 11.8 Å². The zero-order chi connectivity index (χ0) is 20.0. The first-order valence-electron chi connectivity index (χ1n) is 10.6. The maximum Gasteiger partial charge on any atom is 0.351 e. The van der Waals surface area contributed by atoms with Crippen LogP contribution in [0.25, 0.3) is 11.3 Å². The number of hydrogen-bond donors (Lipinski definition) is 0. The van der Waals surface area contributed by atoms with Crippen LogP contribution in [0.2, 0.25) is 0 Å². The van der Waals surface area contributed by atoms with Crippen molar-refractivity contribution in [3.63, 3.8) is 0 Å². The van der Waals surface area contributed by atoms with E-state index in [1.807, 2.05) is 12.1 Å². The Labute approximate surface area is 171 Å². The van der Waals surface area contributed by atoms with Crippen molar-refractivity contribution in [2.45, 2.75) is 58.3 Å². The van der Waals surface area contributed by atoms with Crippen LogP contribution < -0.4 is 10.4 Å². The minimum atomic E-state index is -0.254. The Bertz CT molecular complexity index is 1050. The molecular weight excluding hydrogens is 364 g/mol. The van der Waals surface area contributed by atoms with Gasteiger partial charge in [0.15, 0.2) is 0 Å². The van der Waals surface area contributed by atoms with Crippen molar-refractivity contribution in [1.82, 2.24) is 9.55 Å². The van der Waals surface area contributed by atoms with Crippen molar-refractivity contribution in [2.75, 3.05) is 6.61 Å². The van der Waals surface area contributed by atoms with Crippen molar-refractivity contribution in [3.8, 4) is 29.0 Å². The molecule has 1 aliphatic carbocycles. The van der Waals surface area contributed by atoms with Gasteiger partial charge in [-0.3, -0.25) is 4.57 Å². The first kappa shape index (κ1) is 18.4. The van der Waals surface area contributed by atoms with Crippen molar-refractivity contribution in [1.29, 1.82) is 0 Å². The van der Waals surface area contributed by atoms with E-state index in [0.29, 0.717) is 37.0 Å². The molecule has 5 nitrogen and oxygen atoms in total. The highest BCUT2D eigenvalue weighted by molar-refractivity contribution is 5.68. The highest BCUT2D eigenvalue weighted by atomic mass is 16.6. The van der Waals surface area contributed by atoms with Crippen LogP contribution in [0.3, 0.4) is 0 Å². The standard InChI is InChI=1S/C24H26N2O3/c1-15(2)22-12-19(29-22)14-28-23-13-21-20-8-7-17(6-5-16-3-4-16)11-18(20)9-10-26(21)24(27)25-23/h7-8,11,13,15-16,19,22H,3-4,9-10,12,14H2,1-2H3/t19-,22?/m1/s1. The zero-order valence-electron chi connectivity index (χ0n) is 17.0. The maximum absolute atomic E-state index is 12.5. The van der Waals surface area contributed by atoms with Gasteiger partial charge in [-0.05, 0) is 42.9 Å². The van der Waals surface area contributed by atoms with Crippen LogP contribution in [-0.2, 0) is 17.7 Å². The molecule has 5 heteroatoms. The number of nitrogens with zero attached hydrogens (tertiary/aromatic N) is 2. The van der Waals surface area contributed by atoms with E-state index in [9.17, 15) is 4.79 Å². The molecule has 1 aromatic heterocycles. The fraction of sp³-hybridized carbons (Fsp3) is 0.500. The van der Waals surface area contributed by atoms with Gasteiger partial charge in [0.25, 0.3) is 0 Å². The van der Waals surface area contributed by atoms with Gasteiger partial charge in [-0.2, -0.15) is 4.98 Å². The van der Waals surface area contributed by atoms with Gasteiger partial charge in [0, 0.05) is 36.1 Å². The molecule has 0 bridgehead atoms. The fourth-order valence-electron chi connectivity index (χ4n) is 3.98. The van der Waals surface area contributed by atoms with Crippen LogP contribution in [0.5, 0.6) is 5.88 Å². The number of aryl methyl sites for hydroxylation is 1. The first-order valence-corrected chi connectivity index (χ1v) is 10.6. The Morgan fingerprint density at radius 1 is 1.31 bits per heavy atom. The average molecular weight is 390 g/mol. The Morgan fingerprint density at radius 3 is 2.90 bits per heavy atom. The van der Waals surface area contributed by atoms with Gasteiger partial charge >= 0.3 is 5.69 Å². The average Bonchev–Trinajstić information content (AvgIpc) is 3.49. The van der Waals surface area contributed by atoms with Gasteiger partial charge < -0.3 is 9.47 Å². The topological polar surface area (TPSA) is 53.4 Å². The predicted molar refractivity (Wildman–Crippen MR) is 111 cm³/mol. The van der Waals surface area contributed by atoms with Crippen LogP contribution in [0.15, 0.2) is 29.1 Å². The normalized spacial score (nSPS) is 22.2. The molecule has 3 heterocycles. The zero-order valence-corrected chi connectivity index (χ0v) is 17.0. The molecule has 0 spiro atoms. The Balaban J connectivity index is 1.35. The molecule has 2 aliphatic heterocycles. The maximum atomic E-state index is 12.5. The van der Waals surface area contributed by atoms with E-state index in [1.165, 1.54) is 18.4 Å². The fourth-order valence-corrected chi connectivity index (χ4v) is 3.98. The lowest BCUT2D eigenvalue weighted by atomic mass is 9.95. The number of fused-ring (bicyclic) bond motifs is 3. The summed E-state index contributed by atoms with van der Waals surface area (Å²) in [6, 6.07) is 8.16. The molecule has 0 radical (unpaired) electrons. The van der Waals surface area contributed by atoms with E-state index < -0.39 is 0 Å². The van der Waals surface area contributed by atoms with Crippen LogP contribution >= 0.6 is 0 Å². The molecule has 2 fully saturated rings. The molecule has 3 aliphatic rings. The second-order valence-electron chi connectivity index (χ2n) is 8.67. The predicted octanol–water partition coefficient (Wildman–Crippen LogP) is 3.42. The quantitative estimate of drug-likeness (QED) is 0.751. The minimum Gasteiger partial charge on any atom is -0.475 e. The van der Waals surface area contributed by atoms with Crippen LogP contribution in [0.4, 0.5) is 0 Å². The Kier molecular flexibility index (Phi) is 4.67. The summed E-state index contributed by atoms with van der Waals surface area (Å²) in [7, 11) is 0. The van der Waals surface area contributed by atoms with E-state index >= 15 is 0 Å². The molecule has 0 amide bonds. The third-order valence-corrected chi connectivity index (χ3v) is 5.99. The molecule has 1 saturated carbocycles. The SMILES string of the molecule is CC(C)C1C[C@H](COc2cc3n(c(=O)n2)CCc2cc(C#CC4CC4)ccc2-3)O1. The van der Waals surface area contributed by atoms with Gasteiger partial charge in [0.05, 0.1) is 17.9 Å². The van der Waals surface area contributed by atoms with Gasteiger partial charge in [0.1, 0.15) is 6.61 Å². The third-order valence-electron chi connectivity index (χ3n) is 5.99. The molecule has 29 heavy (non-hydrogen) atoms. The van der Waals surface area contributed by atoms with E-state index in [1.54, 1.807) is 4.57 Å². The summed E-state index contributed by atoms with van der Waals surface area (Å²) in [4.78, 5) is 16.7. The summed E-state index contributed by atoms with van der Waals surface area (Å²) in [6.07, 6.45) is 4.67. The molecule has 1 saturated heterocycles. The number of ether oxygens (including phenoxy) is 2. The monoisotopic (exact) mass is 390 g/mol. The molecular formula is C24H26N2O3. The number of benzene rings is 1. The van der Waals surface area contributed by atoms with Crippen molar-refractivity contribution >= 4 is 0 Å². The van der Waals surface area contributed by atoms with Crippen molar-refractivity contribution in [2.24, 2.45) is 11.8 Å². The lowest BCUT2D eigenvalue weighted by molar-refractivity contribution is -0.156. The minimum absolute atomic E-state index is 0.0860. The summed E-state index contributed by atoms with van der Waals surface area (Å²) in [6.45, 7) is 5.39. The summed E-state index contributed by atoms with van der Waals surface area (Å²) in [5, 5.41) is 0. The van der Waals surface area contributed by atoms with Gasteiger partial charge in [0.2, 0.25) is 5.88 Å². The number of hydrogen-bond acceptors (Lipinski definition) is 4. The second kappa shape index (κ2) is 7.35. The van der Waals surface area contributed by atoms with Gasteiger partial charge in [-0.15, -0.1) is 0 Å². The molecule has 1 aromatic carbocycles. The highest BCUT2D eigenvalue weighted by Gasteiger charge is 2.32. The van der Waals surface area contributed by atoms with Crippen LogP contribution in [0.1, 0.15) is 44.2 Å². The van der Waals surface area contributed by atoms with Gasteiger partial charge in [-0.25, -0.2) is 4.79 Å². The summed E-state index contributed by atoms with van der Waals surface area (Å²) in [5.41, 5.74) is 3.97. The Hall–Kier alpha value is -2.58. The number of rotatable bonds is 4. The largest absolute Gasteiger partial charge is 0.475 e. The second-order valence-corrected chi connectivity index (χ2v) is 8.67. The molecule has 2 atom stereocenters. The van der Waals surface area contributed by atoms with Crippen LogP contribution in [0, 0.1) is 23.7 Å². The molecule has 150 valence electrons. The van der Waals surface area contributed by atoms with Crippen molar-refractivity contribution in [3.05, 3.63) is 45.9 Å². The number of aromatic nitrogens is 2.